The van der Waals surface area contributed by atoms with Crippen LogP contribution in [0.2, 0.25) is 0 Å². The molecule has 17 nitrogen and oxygen atoms in total. The maximum absolute atomic E-state index is 13.1. The quantitative estimate of drug-likeness (QED) is 0.0222. The van der Waals surface area contributed by atoms with Crippen molar-refractivity contribution in [1.82, 2.24) is 0 Å². The minimum atomic E-state index is -4.96. The summed E-state index contributed by atoms with van der Waals surface area (Å²) in [5.41, 5.74) is 0. The van der Waals surface area contributed by atoms with E-state index in [1.807, 2.05) is 0 Å². The number of unbranched alkanes of at least 4 members (excludes halogenated alkanes) is 54. The highest BCUT2D eigenvalue weighted by Crippen LogP contribution is 2.45. The van der Waals surface area contributed by atoms with Crippen molar-refractivity contribution in [3.05, 3.63) is 0 Å². The topological polar surface area (TPSA) is 237 Å². The second-order valence-electron chi connectivity index (χ2n) is 31.5. The summed E-state index contributed by atoms with van der Waals surface area (Å²) in [4.78, 5) is 73.0. The van der Waals surface area contributed by atoms with E-state index in [1.54, 1.807) is 0 Å². The molecule has 0 saturated carbocycles. The first kappa shape index (κ1) is 102. The molecule has 0 radical (unpaired) electrons. The van der Waals surface area contributed by atoms with Gasteiger partial charge in [-0.1, -0.05) is 401 Å². The van der Waals surface area contributed by atoms with Crippen LogP contribution in [0.5, 0.6) is 0 Å². The molecule has 0 aliphatic heterocycles. The maximum atomic E-state index is 13.1. The van der Waals surface area contributed by atoms with Crippen molar-refractivity contribution in [2.45, 2.75) is 471 Å². The summed E-state index contributed by atoms with van der Waals surface area (Å²) in [5, 5.41) is 10.6. The lowest BCUT2D eigenvalue weighted by molar-refractivity contribution is -0.161. The van der Waals surface area contributed by atoms with Crippen LogP contribution in [-0.4, -0.2) is 96.7 Å². The number of aliphatic hydroxyl groups is 1. The highest BCUT2D eigenvalue weighted by Gasteiger charge is 2.30. The minimum Gasteiger partial charge on any atom is -0.462 e. The van der Waals surface area contributed by atoms with Crippen molar-refractivity contribution in [2.24, 2.45) is 11.8 Å². The summed E-state index contributed by atoms with van der Waals surface area (Å²) >= 11 is 0. The van der Waals surface area contributed by atoms with Gasteiger partial charge in [0.05, 0.1) is 26.4 Å². The molecule has 0 bridgehead atoms. The molecule has 2 unspecified atom stereocenters. The van der Waals surface area contributed by atoms with Crippen LogP contribution in [0.15, 0.2) is 0 Å². The second-order valence-corrected chi connectivity index (χ2v) is 34.4. The molecule has 5 atom stereocenters. The first-order valence-corrected chi connectivity index (χ1v) is 47.0. The molecule has 618 valence electrons. The van der Waals surface area contributed by atoms with E-state index >= 15 is 0 Å². The molecule has 3 N–H and O–H groups in total. The zero-order valence-electron chi connectivity index (χ0n) is 68.3. The number of phosphoric ester groups is 2. The fraction of sp³-hybridized carbons (Fsp3) is 0.953. The van der Waals surface area contributed by atoms with Crippen molar-refractivity contribution in [3.8, 4) is 0 Å². The lowest BCUT2D eigenvalue weighted by Crippen LogP contribution is -2.30. The van der Waals surface area contributed by atoms with Crippen molar-refractivity contribution in [2.75, 3.05) is 39.6 Å². The third-order valence-corrected chi connectivity index (χ3v) is 21.9. The van der Waals surface area contributed by atoms with Gasteiger partial charge in [0.15, 0.2) is 12.2 Å². The Hall–Kier alpha value is -1.94. The Labute approximate surface area is 638 Å². The van der Waals surface area contributed by atoms with E-state index in [1.165, 1.54) is 263 Å². The lowest BCUT2D eigenvalue weighted by atomic mass is 10.0. The molecule has 19 heteroatoms. The third-order valence-electron chi connectivity index (χ3n) is 20.0. The summed E-state index contributed by atoms with van der Waals surface area (Å²) in [6, 6.07) is 0. The first-order valence-electron chi connectivity index (χ1n) is 44.0. The Morgan fingerprint density at radius 2 is 0.442 bits per heavy atom. The first-order chi connectivity index (χ1) is 50.4. The summed E-state index contributed by atoms with van der Waals surface area (Å²) < 4.78 is 68.7. The number of aliphatic hydroxyl groups excluding tert-OH is 1. The summed E-state index contributed by atoms with van der Waals surface area (Å²) in [7, 11) is -9.92. The molecular weight excluding hydrogens is 1350 g/mol. The fourth-order valence-corrected chi connectivity index (χ4v) is 14.8. The largest absolute Gasteiger partial charge is 0.472 e. The molecule has 0 spiro atoms. The van der Waals surface area contributed by atoms with E-state index in [9.17, 15) is 43.2 Å². The van der Waals surface area contributed by atoms with Gasteiger partial charge >= 0.3 is 39.5 Å². The Balaban J connectivity index is 5.16. The fourth-order valence-electron chi connectivity index (χ4n) is 13.2. The van der Waals surface area contributed by atoms with Gasteiger partial charge in [0.2, 0.25) is 0 Å². The predicted octanol–water partition coefficient (Wildman–Crippen LogP) is 25.8. The molecule has 0 aliphatic carbocycles. The van der Waals surface area contributed by atoms with E-state index < -0.39 is 97.5 Å². The highest BCUT2D eigenvalue weighted by atomic mass is 31.2. The van der Waals surface area contributed by atoms with Crippen LogP contribution < -0.4 is 0 Å². The van der Waals surface area contributed by atoms with Gasteiger partial charge in [0, 0.05) is 25.7 Å². The molecule has 104 heavy (non-hydrogen) atoms. The molecule has 0 aromatic heterocycles. The molecular formula is C85H166O17P2. The number of esters is 4. The normalized spacial score (nSPS) is 13.8. The number of hydrogen-bond acceptors (Lipinski definition) is 15. The Morgan fingerprint density at radius 1 is 0.260 bits per heavy atom. The van der Waals surface area contributed by atoms with E-state index in [0.717, 1.165) is 96.3 Å². The summed E-state index contributed by atoms with van der Waals surface area (Å²) in [6.45, 7) is 9.52. The van der Waals surface area contributed by atoms with E-state index in [2.05, 4.69) is 41.5 Å². The van der Waals surface area contributed by atoms with E-state index in [4.69, 9.17) is 37.0 Å². The molecule has 0 aromatic carbocycles. The summed E-state index contributed by atoms with van der Waals surface area (Å²) in [6.07, 6.45) is 68.7. The average Bonchev–Trinajstić information content (AvgIpc) is 0.920. The van der Waals surface area contributed by atoms with Crippen LogP contribution in [0.3, 0.4) is 0 Å². The highest BCUT2D eigenvalue weighted by molar-refractivity contribution is 7.47. The van der Waals surface area contributed by atoms with Crippen LogP contribution >= 0.6 is 15.6 Å². The molecule has 0 heterocycles. The van der Waals surface area contributed by atoms with Gasteiger partial charge < -0.3 is 33.8 Å². The van der Waals surface area contributed by atoms with Gasteiger partial charge in [-0.05, 0) is 37.5 Å². The van der Waals surface area contributed by atoms with Crippen molar-refractivity contribution < 1.29 is 80.2 Å². The van der Waals surface area contributed by atoms with Crippen molar-refractivity contribution in [3.63, 3.8) is 0 Å². The Morgan fingerprint density at radius 3 is 0.654 bits per heavy atom. The minimum absolute atomic E-state index is 0.103. The number of rotatable bonds is 84. The molecule has 0 rings (SSSR count). The summed E-state index contributed by atoms with van der Waals surface area (Å²) in [5.74, 6) is -0.711. The van der Waals surface area contributed by atoms with Gasteiger partial charge in [0.1, 0.15) is 19.3 Å². The van der Waals surface area contributed by atoms with Crippen LogP contribution in [0.4, 0.5) is 0 Å². The predicted molar refractivity (Wildman–Crippen MR) is 428 cm³/mol. The van der Waals surface area contributed by atoms with Crippen LogP contribution in [-0.2, 0) is 65.4 Å². The standard InChI is InChI=1S/C85H166O17P2/c1-7-9-11-13-15-17-19-21-23-25-27-29-31-33-35-37-39-41-43-49-55-61-67-82(87)95-73-80(101-84(89)69-63-57-50-44-42-40-38-36-34-32-30-28-26-24-22-20-18-16-14-12-10-8-2)75-99-103(91,92)97-71-79(86)72-98-104(93,94)100-76-81(102-85(90)70-64-58-52-46-48-54-60-66-78(5)6)74-96-83(88)68-62-56-51-45-47-53-59-65-77(3)4/h77-81,86H,7-76H2,1-6H3,(H,91,92)(H,93,94)/t79-,80-,81-/m1/s1. The van der Waals surface area contributed by atoms with Crippen LogP contribution in [0, 0.1) is 11.8 Å². The number of phosphoric acid groups is 2. The molecule has 0 amide bonds. The van der Waals surface area contributed by atoms with Gasteiger partial charge in [-0.3, -0.25) is 37.3 Å². The smallest absolute Gasteiger partial charge is 0.462 e. The van der Waals surface area contributed by atoms with Crippen molar-refractivity contribution in [1.29, 1.82) is 0 Å². The van der Waals surface area contributed by atoms with Crippen LogP contribution in [0.1, 0.15) is 452 Å². The van der Waals surface area contributed by atoms with E-state index in [0.29, 0.717) is 37.5 Å². The van der Waals surface area contributed by atoms with Gasteiger partial charge in [-0.2, -0.15) is 0 Å². The number of ether oxygens (including phenoxy) is 4. The molecule has 0 saturated heterocycles. The molecule has 0 aliphatic rings. The maximum Gasteiger partial charge on any atom is 0.472 e. The van der Waals surface area contributed by atoms with Gasteiger partial charge in [-0.15, -0.1) is 0 Å². The second kappa shape index (κ2) is 76.4. The zero-order chi connectivity index (χ0) is 76.4. The number of hydrogen-bond donors (Lipinski definition) is 3. The van der Waals surface area contributed by atoms with Crippen LogP contribution in [0.25, 0.3) is 0 Å². The van der Waals surface area contributed by atoms with E-state index in [-0.39, 0.29) is 25.7 Å². The monoisotopic (exact) mass is 1520 g/mol. The van der Waals surface area contributed by atoms with Gasteiger partial charge in [0.25, 0.3) is 0 Å². The van der Waals surface area contributed by atoms with Gasteiger partial charge in [-0.25, -0.2) is 9.13 Å². The lowest BCUT2D eigenvalue weighted by Gasteiger charge is -2.21. The molecule has 0 aromatic rings. The average molecular weight is 1520 g/mol. The number of carbonyl (C=O) groups is 4. The Bertz CT molecular complexity index is 1990. The zero-order valence-corrected chi connectivity index (χ0v) is 70.1. The number of carbonyl (C=O) groups excluding carboxylic acids is 4. The molecule has 0 fully saturated rings. The third kappa shape index (κ3) is 78.2. The van der Waals surface area contributed by atoms with Crippen molar-refractivity contribution >= 4 is 39.5 Å². The Kier molecular flexibility index (Phi) is 75.0. The SMILES string of the molecule is CCCCCCCCCCCCCCCCCCCCCCCCC(=O)OC[C@H](COP(=O)(O)OC[C@@H](O)COP(=O)(O)OC[C@@H](COC(=O)CCCCCCCCCC(C)C)OC(=O)CCCCCCCCCC(C)C)OC(=O)CCCCCCCCCCCCCCCCCCCCCCCC.